The monoisotopic (exact) mass is 338 g/mol. The average molecular weight is 338 g/mol. The summed E-state index contributed by atoms with van der Waals surface area (Å²) in [5.41, 5.74) is 2.70. The van der Waals surface area contributed by atoms with Crippen molar-refractivity contribution in [3.63, 3.8) is 0 Å². The van der Waals surface area contributed by atoms with Crippen molar-refractivity contribution in [2.24, 2.45) is 0 Å². The van der Waals surface area contributed by atoms with Gasteiger partial charge in [-0.1, -0.05) is 36.4 Å². The molecule has 2 N–H and O–H groups in total. The molecule has 4 heteroatoms. The Morgan fingerprint density at radius 2 is 1.32 bits per heavy atom. The molecule has 0 aliphatic heterocycles. The molecule has 0 amide bonds. The summed E-state index contributed by atoms with van der Waals surface area (Å²) in [6.07, 6.45) is 1.43. The Hall–Kier alpha value is -2.88. The second-order valence-electron chi connectivity index (χ2n) is 6.39. The molecule has 3 aromatic rings. The molecular weight excluding hydrogens is 322 g/mol. The van der Waals surface area contributed by atoms with Gasteiger partial charge in [-0.25, -0.2) is 8.78 Å². The highest BCUT2D eigenvalue weighted by Crippen LogP contribution is 2.49. The van der Waals surface area contributed by atoms with Crippen LogP contribution in [0.15, 0.2) is 60.7 Å². The van der Waals surface area contributed by atoms with Gasteiger partial charge in [-0.2, -0.15) is 0 Å². The van der Waals surface area contributed by atoms with Gasteiger partial charge in [0.15, 0.2) is 23.1 Å². The van der Waals surface area contributed by atoms with Gasteiger partial charge in [-0.05, 0) is 59.4 Å². The summed E-state index contributed by atoms with van der Waals surface area (Å²) in [5, 5.41) is 19.1. The van der Waals surface area contributed by atoms with Crippen molar-refractivity contribution in [3.8, 4) is 11.5 Å². The van der Waals surface area contributed by atoms with Crippen molar-refractivity contribution in [2.45, 2.75) is 18.3 Å². The number of aromatic hydroxyl groups is 2. The first-order valence-electron chi connectivity index (χ1n) is 8.09. The van der Waals surface area contributed by atoms with Crippen LogP contribution in [-0.2, 0) is 11.8 Å². The number of hydrogen-bond donors (Lipinski definition) is 2. The predicted octanol–water partition coefficient (Wildman–Crippen LogP) is 4.66. The van der Waals surface area contributed by atoms with Crippen LogP contribution in [0.2, 0.25) is 0 Å². The third kappa shape index (κ3) is 2.29. The molecule has 0 bridgehead atoms. The van der Waals surface area contributed by atoms with Crippen LogP contribution in [0, 0.1) is 11.6 Å². The Balaban J connectivity index is 2.02. The Bertz CT molecular complexity index is 914. The van der Waals surface area contributed by atoms with Crippen LogP contribution in [-0.4, -0.2) is 10.2 Å². The summed E-state index contributed by atoms with van der Waals surface area (Å²) in [7, 11) is 0. The smallest absolute Gasteiger partial charge is 0.165 e. The van der Waals surface area contributed by atoms with Crippen molar-refractivity contribution >= 4 is 0 Å². The summed E-state index contributed by atoms with van der Waals surface area (Å²) in [5.74, 6) is -2.25. The minimum absolute atomic E-state index is 0.415. The lowest BCUT2D eigenvalue weighted by molar-refractivity contribution is 0.428. The van der Waals surface area contributed by atoms with Crippen LogP contribution in [0.4, 0.5) is 8.78 Å². The average Bonchev–Trinajstić information content (AvgIpc) is 3.00. The highest BCUT2D eigenvalue weighted by Gasteiger charge is 2.42. The van der Waals surface area contributed by atoms with E-state index >= 15 is 0 Å². The zero-order valence-corrected chi connectivity index (χ0v) is 13.3. The van der Waals surface area contributed by atoms with Crippen LogP contribution in [0.25, 0.3) is 0 Å². The standard InChI is InChI=1S/C21H16F2O2/c22-17-11-14(5-7-19(17)24)21(15-6-8-20(25)18(23)12-15)10-9-13-3-1-2-4-16(13)21/h1-8,11-12,24-25H,9-10H2. The van der Waals surface area contributed by atoms with E-state index in [-0.39, 0.29) is 0 Å². The maximum atomic E-state index is 14.1. The summed E-state index contributed by atoms with van der Waals surface area (Å²) in [6.45, 7) is 0. The van der Waals surface area contributed by atoms with Crippen LogP contribution in [0.5, 0.6) is 11.5 Å². The van der Waals surface area contributed by atoms with Crippen molar-refractivity contribution in [1.82, 2.24) is 0 Å². The van der Waals surface area contributed by atoms with E-state index in [4.69, 9.17) is 0 Å². The molecule has 25 heavy (non-hydrogen) atoms. The zero-order valence-electron chi connectivity index (χ0n) is 13.3. The Labute approximate surface area is 144 Å². The summed E-state index contributed by atoms with van der Waals surface area (Å²) >= 11 is 0. The minimum atomic E-state index is -0.723. The van der Waals surface area contributed by atoms with Gasteiger partial charge in [-0.15, -0.1) is 0 Å². The van der Waals surface area contributed by atoms with E-state index in [0.717, 1.165) is 17.5 Å². The molecule has 0 heterocycles. The van der Waals surface area contributed by atoms with Gasteiger partial charge >= 0.3 is 0 Å². The number of hydrogen-bond acceptors (Lipinski definition) is 2. The Morgan fingerprint density at radius 1 is 0.760 bits per heavy atom. The SMILES string of the molecule is Oc1ccc(C2(c3ccc(O)c(F)c3)CCc3ccccc32)cc1F. The number of fused-ring (bicyclic) bond motifs is 1. The second-order valence-corrected chi connectivity index (χ2v) is 6.39. The lowest BCUT2D eigenvalue weighted by atomic mass is 9.70. The first kappa shape index (κ1) is 15.6. The number of aryl methyl sites for hydroxylation is 1. The molecule has 0 saturated heterocycles. The van der Waals surface area contributed by atoms with E-state index in [1.165, 1.54) is 24.3 Å². The van der Waals surface area contributed by atoms with Gasteiger partial charge in [-0.3, -0.25) is 0 Å². The fourth-order valence-electron chi connectivity index (χ4n) is 3.92. The fraction of sp³-hybridized carbons (Fsp3) is 0.143. The van der Waals surface area contributed by atoms with Crippen molar-refractivity contribution in [1.29, 1.82) is 0 Å². The van der Waals surface area contributed by atoms with Gasteiger partial charge in [0.2, 0.25) is 0 Å². The topological polar surface area (TPSA) is 40.5 Å². The lowest BCUT2D eigenvalue weighted by Crippen LogP contribution is -2.26. The maximum absolute atomic E-state index is 14.1. The van der Waals surface area contributed by atoms with Gasteiger partial charge in [0, 0.05) is 5.41 Å². The molecule has 1 aliphatic carbocycles. The summed E-state index contributed by atoms with van der Waals surface area (Å²) < 4.78 is 28.1. The highest BCUT2D eigenvalue weighted by atomic mass is 19.1. The maximum Gasteiger partial charge on any atom is 0.165 e. The third-order valence-corrected chi connectivity index (χ3v) is 5.13. The Kier molecular flexibility index (Phi) is 3.49. The predicted molar refractivity (Wildman–Crippen MR) is 90.8 cm³/mol. The number of halogens is 2. The first-order valence-corrected chi connectivity index (χ1v) is 8.09. The normalized spacial score (nSPS) is 15.1. The van der Waals surface area contributed by atoms with E-state index in [0.29, 0.717) is 17.5 Å². The van der Waals surface area contributed by atoms with Crippen molar-refractivity contribution in [3.05, 3.63) is 94.6 Å². The fourth-order valence-corrected chi connectivity index (χ4v) is 3.92. The molecule has 4 rings (SSSR count). The van der Waals surface area contributed by atoms with Crippen molar-refractivity contribution < 1.29 is 19.0 Å². The van der Waals surface area contributed by atoms with Crippen LogP contribution in [0.1, 0.15) is 28.7 Å². The molecule has 0 spiro atoms. The van der Waals surface area contributed by atoms with E-state index in [2.05, 4.69) is 0 Å². The van der Waals surface area contributed by atoms with Gasteiger partial charge < -0.3 is 10.2 Å². The third-order valence-electron chi connectivity index (χ3n) is 5.13. The van der Waals surface area contributed by atoms with Crippen molar-refractivity contribution in [2.75, 3.05) is 0 Å². The number of phenolic OH excluding ortho intramolecular Hbond substituents is 2. The quantitative estimate of drug-likeness (QED) is 0.714. The molecule has 0 unspecified atom stereocenters. The molecule has 0 aromatic heterocycles. The summed E-state index contributed by atoms with van der Waals surface area (Å²) in [6, 6.07) is 16.5. The molecule has 2 nitrogen and oxygen atoms in total. The van der Waals surface area contributed by atoms with Gasteiger partial charge in [0.05, 0.1) is 0 Å². The summed E-state index contributed by atoms with van der Waals surface area (Å²) in [4.78, 5) is 0. The largest absolute Gasteiger partial charge is 0.505 e. The molecule has 1 aliphatic rings. The number of rotatable bonds is 2. The van der Waals surface area contributed by atoms with Crippen LogP contribution < -0.4 is 0 Å². The van der Waals surface area contributed by atoms with E-state index in [1.54, 1.807) is 12.1 Å². The first-order chi connectivity index (χ1) is 12.0. The number of phenols is 2. The molecule has 3 aromatic carbocycles. The number of benzene rings is 3. The van der Waals surface area contributed by atoms with E-state index in [9.17, 15) is 19.0 Å². The van der Waals surface area contributed by atoms with Crippen LogP contribution >= 0.6 is 0 Å². The van der Waals surface area contributed by atoms with Gasteiger partial charge in [0.25, 0.3) is 0 Å². The molecular formula is C21H16F2O2. The molecule has 0 saturated carbocycles. The minimum Gasteiger partial charge on any atom is -0.505 e. The zero-order chi connectivity index (χ0) is 17.6. The second kappa shape index (κ2) is 5.59. The molecule has 0 radical (unpaired) electrons. The lowest BCUT2D eigenvalue weighted by Gasteiger charge is -2.32. The van der Waals surface area contributed by atoms with Gasteiger partial charge in [0.1, 0.15) is 0 Å². The highest BCUT2D eigenvalue weighted by molar-refractivity contribution is 5.57. The molecule has 0 atom stereocenters. The molecule has 0 fully saturated rings. The van der Waals surface area contributed by atoms with E-state index < -0.39 is 28.5 Å². The van der Waals surface area contributed by atoms with Crippen LogP contribution in [0.3, 0.4) is 0 Å². The molecule has 126 valence electrons. The Morgan fingerprint density at radius 3 is 1.88 bits per heavy atom. The van der Waals surface area contributed by atoms with E-state index in [1.807, 2.05) is 24.3 Å².